The van der Waals surface area contributed by atoms with E-state index in [-0.39, 0.29) is 18.6 Å². The van der Waals surface area contributed by atoms with Gasteiger partial charge < -0.3 is 19.7 Å². The number of para-hydroxylation sites is 1. The van der Waals surface area contributed by atoms with Gasteiger partial charge in [-0.2, -0.15) is 5.10 Å². The smallest absolute Gasteiger partial charge is 0.258 e. The number of rotatable bonds is 7. The minimum absolute atomic E-state index is 0.0184. The van der Waals surface area contributed by atoms with Gasteiger partial charge in [0, 0.05) is 25.2 Å². The molecule has 7 nitrogen and oxygen atoms in total. The molecular weight excluding hydrogens is 380 g/mol. The van der Waals surface area contributed by atoms with E-state index >= 15 is 0 Å². The maximum atomic E-state index is 12.3. The summed E-state index contributed by atoms with van der Waals surface area (Å²) in [7, 11) is 1.66. The highest BCUT2D eigenvalue weighted by molar-refractivity contribution is 5.78. The molecule has 1 saturated heterocycles. The van der Waals surface area contributed by atoms with Crippen molar-refractivity contribution < 1.29 is 14.3 Å². The summed E-state index contributed by atoms with van der Waals surface area (Å²) in [5.41, 5.74) is 2.00. The van der Waals surface area contributed by atoms with Gasteiger partial charge in [0.2, 0.25) is 0 Å². The predicted octanol–water partition coefficient (Wildman–Crippen LogP) is 3.25. The van der Waals surface area contributed by atoms with Crippen LogP contribution in [0, 0.1) is 0 Å². The molecule has 156 valence electrons. The minimum atomic E-state index is -0.105. The summed E-state index contributed by atoms with van der Waals surface area (Å²) in [5.74, 6) is 2.30. The first-order chi connectivity index (χ1) is 14.7. The first kappa shape index (κ1) is 19.8. The predicted molar refractivity (Wildman–Crippen MR) is 116 cm³/mol. The first-order valence-electron chi connectivity index (χ1n) is 10.1. The minimum Gasteiger partial charge on any atom is -0.497 e. The largest absolute Gasteiger partial charge is 0.497 e. The van der Waals surface area contributed by atoms with Gasteiger partial charge in [0.15, 0.2) is 12.4 Å². The van der Waals surface area contributed by atoms with Crippen LogP contribution in [-0.2, 0) is 4.79 Å². The topological polar surface area (TPSA) is 79.5 Å². The number of benzene rings is 2. The molecular formula is C23H26N4O3. The molecule has 1 aliphatic rings. The lowest BCUT2D eigenvalue weighted by Crippen LogP contribution is -2.49. The highest BCUT2D eigenvalue weighted by Crippen LogP contribution is 2.25. The van der Waals surface area contributed by atoms with E-state index in [4.69, 9.17) is 9.47 Å². The third-order valence-electron chi connectivity index (χ3n) is 5.19. The number of amides is 1. The summed E-state index contributed by atoms with van der Waals surface area (Å²) in [5, 5.41) is 10.7. The molecule has 1 aliphatic heterocycles. The van der Waals surface area contributed by atoms with Crippen LogP contribution >= 0.6 is 0 Å². The summed E-state index contributed by atoms with van der Waals surface area (Å²) in [4.78, 5) is 14.5. The van der Waals surface area contributed by atoms with Crippen molar-refractivity contribution in [1.29, 1.82) is 0 Å². The van der Waals surface area contributed by atoms with Gasteiger partial charge in [-0.05, 0) is 54.8 Å². The zero-order chi connectivity index (χ0) is 20.8. The van der Waals surface area contributed by atoms with E-state index in [1.165, 1.54) is 0 Å². The lowest BCUT2D eigenvalue weighted by atomic mass is 10.1. The first-order valence-corrected chi connectivity index (χ1v) is 10.1. The van der Waals surface area contributed by atoms with Gasteiger partial charge in [-0.25, -0.2) is 0 Å². The van der Waals surface area contributed by atoms with Crippen LogP contribution < -0.4 is 19.7 Å². The van der Waals surface area contributed by atoms with E-state index in [1.54, 1.807) is 7.11 Å². The Morgan fingerprint density at radius 1 is 1.17 bits per heavy atom. The highest BCUT2D eigenvalue weighted by Gasteiger charge is 2.23. The van der Waals surface area contributed by atoms with Gasteiger partial charge in [-0.15, -0.1) is 0 Å². The van der Waals surface area contributed by atoms with E-state index in [9.17, 15) is 4.79 Å². The van der Waals surface area contributed by atoms with Gasteiger partial charge in [0.1, 0.15) is 11.5 Å². The summed E-state index contributed by atoms with van der Waals surface area (Å²) in [6.07, 6.45) is 1.94. The second kappa shape index (κ2) is 9.35. The van der Waals surface area contributed by atoms with Gasteiger partial charge >= 0.3 is 0 Å². The third-order valence-corrected chi connectivity index (χ3v) is 5.19. The maximum absolute atomic E-state index is 12.3. The summed E-state index contributed by atoms with van der Waals surface area (Å²) in [6, 6.07) is 19.4. The zero-order valence-electron chi connectivity index (χ0n) is 17.0. The van der Waals surface area contributed by atoms with E-state index in [2.05, 4.69) is 20.4 Å². The molecule has 2 heterocycles. The molecule has 1 amide bonds. The summed E-state index contributed by atoms with van der Waals surface area (Å²) < 4.78 is 10.8. The normalized spacial score (nSPS) is 16.2. The fraction of sp³-hybridized carbons (Fsp3) is 0.304. The Kier molecular flexibility index (Phi) is 6.17. The molecule has 0 aliphatic carbocycles. The summed E-state index contributed by atoms with van der Waals surface area (Å²) in [6.45, 7) is 1.66. The monoisotopic (exact) mass is 406 g/mol. The lowest BCUT2D eigenvalue weighted by molar-refractivity contribution is -0.123. The number of hydrogen-bond donors (Lipinski definition) is 2. The fourth-order valence-electron chi connectivity index (χ4n) is 3.63. The van der Waals surface area contributed by atoms with Crippen LogP contribution in [-0.4, -0.2) is 49.0 Å². The maximum Gasteiger partial charge on any atom is 0.258 e. The molecule has 3 aromatic rings. The standard InChI is InChI=1S/C23H26N4O3/c1-29-19-11-9-17(10-12-19)21-14-22(26-25-21)27-13-5-6-18(15-27)24-23(28)16-30-20-7-3-2-4-8-20/h2-4,7-12,14,18H,5-6,13,15-16H2,1H3,(H,24,28)(H,25,26). The van der Waals surface area contributed by atoms with Crippen molar-refractivity contribution in [1.82, 2.24) is 15.5 Å². The molecule has 1 atom stereocenters. The van der Waals surface area contributed by atoms with Gasteiger partial charge in [0.25, 0.3) is 5.91 Å². The second-order valence-corrected chi connectivity index (χ2v) is 7.32. The van der Waals surface area contributed by atoms with Crippen LogP contribution in [0.25, 0.3) is 11.3 Å². The van der Waals surface area contributed by atoms with E-state index in [1.807, 2.05) is 60.7 Å². The number of piperidine rings is 1. The number of anilines is 1. The zero-order valence-corrected chi connectivity index (χ0v) is 17.0. The Morgan fingerprint density at radius 2 is 1.97 bits per heavy atom. The average Bonchev–Trinajstić information content (AvgIpc) is 3.29. The van der Waals surface area contributed by atoms with Crippen molar-refractivity contribution in [3.63, 3.8) is 0 Å². The average molecular weight is 406 g/mol. The molecule has 30 heavy (non-hydrogen) atoms. The SMILES string of the molecule is COc1ccc(-c2cc(N3CCCC(NC(=O)COc4ccccc4)C3)n[nH]2)cc1. The molecule has 1 fully saturated rings. The quantitative estimate of drug-likeness (QED) is 0.630. The number of aromatic amines is 1. The van der Waals surface area contributed by atoms with Crippen molar-refractivity contribution in [3.05, 3.63) is 60.7 Å². The van der Waals surface area contributed by atoms with Crippen molar-refractivity contribution in [2.45, 2.75) is 18.9 Å². The van der Waals surface area contributed by atoms with Crippen LogP contribution in [0.2, 0.25) is 0 Å². The van der Waals surface area contributed by atoms with Crippen molar-refractivity contribution in [2.75, 3.05) is 31.7 Å². The summed E-state index contributed by atoms with van der Waals surface area (Å²) >= 11 is 0. The fourth-order valence-corrected chi connectivity index (χ4v) is 3.63. The van der Waals surface area contributed by atoms with E-state index in [0.717, 1.165) is 48.8 Å². The number of hydrogen-bond acceptors (Lipinski definition) is 5. The number of H-pyrrole nitrogens is 1. The van der Waals surface area contributed by atoms with E-state index < -0.39 is 0 Å². The Morgan fingerprint density at radius 3 is 2.73 bits per heavy atom. The molecule has 1 aromatic heterocycles. The molecule has 2 aromatic carbocycles. The lowest BCUT2D eigenvalue weighted by Gasteiger charge is -2.33. The number of ether oxygens (including phenoxy) is 2. The van der Waals surface area contributed by atoms with Crippen LogP contribution in [0.3, 0.4) is 0 Å². The van der Waals surface area contributed by atoms with Crippen molar-refractivity contribution in [3.8, 4) is 22.8 Å². The molecule has 2 N–H and O–H groups in total. The molecule has 7 heteroatoms. The second-order valence-electron chi connectivity index (χ2n) is 7.32. The molecule has 4 rings (SSSR count). The van der Waals surface area contributed by atoms with Crippen molar-refractivity contribution >= 4 is 11.7 Å². The van der Waals surface area contributed by atoms with Crippen LogP contribution in [0.5, 0.6) is 11.5 Å². The highest BCUT2D eigenvalue weighted by atomic mass is 16.5. The molecule has 0 saturated carbocycles. The number of nitrogens with zero attached hydrogens (tertiary/aromatic N) is 2. The Bertz CT molecular complexity index is 956. The third kappa shape index (κ3) is 4.92. The van der Waals surface area contributed by atoms with Gasteiger partial charge in [0.05, 0.1) is 12.8 Å². The number of methoxy groups -OCH3 is 1. The molecule has 0 bridgehead atoms. The van der Waals surface area contributed by atoms with Gasteiger partial charge in [-0.3, -0.25) is 9.89 Å². The Balaban J connectivity index is 1.32. The van der Waals surface area contributed by atoms with Gasteiger partial charge in [-0.1, -0.05) is 18.2 Å². The molecule has 0 spiro atoms. The number of carbonyl (C=O) groups is 1. The molecule has 0 radical (unpaired) electrons. The Hall–Kier alpha value is -3.48. The molecule has 1 unspecified atom stereocenters. The van der Waals surface area contributed by atoms with Crippen LogP contribution in [0.1, 0.15) is 12.8 Å². The van der Waals surface area contributed by atoms with E-state index in [0.29, 0.717) is 5.75 Å². The Labute approximate surface area is 176 Å². The number of carbonyl (C=O) groups excluding carboxylic acids is 1. The van der Waals surface area contributed by atoms with Crippen LogP contribution in [0.4, 0.5) is 5.82 Å². The number of aromatic nitrogens is 2. The van der Waals surface area contributed by atoms with Crippen LogP contribution in [0.15, 0.2) is 60.7 Å². The van der Waals surface area contributed by atoms with Crippen molar-refractivity contribution in [2.24, 2.45) is 0 Å². The number of nitrogens with one attached hydrogen (secondary N) is 2.